The third-order valence-electron chi connectivity index (χ3n) is 5.31. The van der Waals surface area contributed by atoms with Gasteiger partial charge >= 0.3 is 0 Å². The number of amides is 1. The van der Waals surface area contributed by atoms with Crippen LogP contribution in [0.25, 0.3) is 10.9 Å². The second-order valence-corrected chi connectivity index (χ2v) is 7.11. The van der Waals surface area contributed by atoms with Gasteiger partial charge in [0.25, 0.3) is 0 Å². The Morgan fingerprint density at radius 1 is 0.857 bits per heavy atom. The van der Waals surface area contributed by atoms with Gasteiger partial charge in [-0.2, -0.15) is 9.78 Å². The zero-order chi connectivity index (χ0) is 19.5. The van der Waals surface area contributed by atoms with E-state index in [1.54, 1.807) is 0 Å². The van der Waals surface area contributed by atoms with E-state index in [-0.39, 0.29) is 24.7 Å². The monoisotopic (exact) mass is 376 g/mol. The van der Waals surface area contributed by atoms with Crippen molar-refractivity contribution in [2.24, 2.45) is 0 Å². The van der Waals surface area contributed by atoms with Gasteiger partial charge in [-0.15, -0.1) is 0 Å². The molecule has 1 saturated heterocycles. The highest BCUT2D eigenvalue weighted by Crippen LogP contribution is 2.19. The Hall–Kier alpha value is -3.15. The molecule has 28 heavy (non-hydrogen) atoms. The number of anilines is 1. The van der Waals surface area contributed by atoms with Crippen LogP contribution in [-0.2, 0) is 4.79 Å². The highest BCUT2D eigenvalue weighted by Gasteiger charge is 2.22. The Morgan fingerprint density at radius 2 is 1.50 bits per heavy atom. The van der Waals surface area contributed by atoms with Gasteiger partial charge < -0.3 is 9.80 Å². The van der Waals surface area contributed by atoms with Crippen molar-refractivity contribution in [1.29, 1.82) is 0 Å². The van der Waals surface area contributed by atoms with Gasteiger partial charge in [-0.1, -0.05) is 36.4 Å². The van der Waals surface area contributed by atoms with Crippen molar-refractivity contribution in [3.63, 3.8) is 0 Å². The minimum Gasteiger partial charge on any atom is -0.368 e. The minimum atomic E-state index is -0.138. The summed E-state index contributed by atoms with van der Waals surface area (Å²) in [5.74, 6) is -0.102. The average molecular weight is 376 g/mol. The standard InChI is InChI=1S/C22H24N4O2/c1-17-19-9-5-6-10-20(19)26(23-17)22(28)12-11-21(27)25-15-13-24(14-16-25)18-7-3-2-4-8-18/h2-10H,11-16H2,1H3. The molecule has 4 rings (SSSR count). The Balaban J connectivity index is 1.33. The van der Waals surface area contributed by atoms with Crippen molar-refractivity contribution in [2.75, 3.05) is 31.1 Å². The fourth-order valence-corrected chi connectivity index (χ4v) is 3.74. The summed E-state index contributed by atoms with van der Waals surface area (Å²) in [6, 6.07) is 17.9. The summed E-state index contributed by atoms with van der Waals surface area (Å²) in [6.45, 7) is 4.89. The summed E-state index contributed by atoms with van der Waals surface area (Å²) in [7, 11) is 0. The number of hydrogen-bond donors (Lipinski definition) is 0. The maximum absolute atomic E-state index is 12.6. The molecule has 0 atom stereocenters. The van der Waals surface area contributed by atoms with Crippen LogP contribution in [0, 0.1) is 6.92 Å². The van der Waals surface area contributed by atoms with E-state index in [1.165, 1.54) is 10.4 Å². The predicted octanol–water partition coefficient (Wildman–Crippen LogP) is 3.11. The molecule has 1 amide bonds. The number of carbonyl (C=O) groups is 2. The van der Waals surface area contributed by atoms with Crippen LogP contribution in [0.3, 0.4) is 0 Å². The van der Waals surface area contributed by atoms with Crippen molar-refractivity contribution in [1.82, 2.24) is 14.7 Å². The van der Waals surface area contributed by atoms with Crippen LogP contribution in [0.2, 0.25) is 0 Å². The average Bonchev–Trinajstić information content (AvgIpc) is 3.09. The Labute approximate surface area is 164 Å². The fraction of sp³-hybridized carbons (Fsp3) is 0.318. The van der Waals surface area contributed by atoms with E-state index in [0.29, 0.717) is 13.1 Å². The van der Waals surface area contributed by atoms with E-state index >= 15 is 0 Å². The van der Waals surface area contributed by atoms with E-state index in [9.17, 15) is 9.59 Å². The van der Waals surface area contributed by atoms with Crippen molar-refractivity contribution >= 4 is 28.4 Å². The van der Waals surface area contributed by atoms with Gasteiger partial charge in [0, 0.05) is 50.1 Å². The zero-order valence-electron chi connectivity index (χ0n) is 16.0. The van der Waals surface area contributed by atoms with Gasteiger partial charge in [0.1, 0.15) is 0 Å². The first-order valence-electron chi connectivity index (χ1n) is 9.69. The number of hydrogen-bond acceptors (Lipinski definition) is 4. The quantitative estimate of drug-likeness (QED) is 0.702. The van der Waals surface area contributed by atoms with Crippen molar-refractivity contribution in [3.05, 3.63) is 60.3 Å². The maximum atomic E-state index is 12.6. The van der Waals surface area contributed by atoms with E-state index < -0.39 is 0 Å². The lowest BCUT2D eigenvalue weighted by Crippen LogP contribution is -2.48. The number of aryl methyl sites for hydroxylation is 1. The lowest BCUT2D eigenvalue weighted by atomic mass is 10.2. The number of rotatable bonds is 4. The van der Waals surface area contributed by atoms with Crippen molar-refractivity contribution in [2.45, 2.75) is 19.8 Å². The smallest absolute Gasteiger partial charge is 0.247 e. The Morgan fingerprint density at radius 3 is 2.25 bits per heavy atom. The van der Waals surface area contributed by atoms with E-state index in [0.717, 1.165) is 29.7 Å². The lowest BCUT2D eigenvalue weighted by molar-refractivity contribution is -0.131. The number of piperazine rings is 1. The van der Waals surface area contributed by atoms with Gasteiger partial charge in [-0.3, -0.25) is 9.59 Å². The predicted molar refractivity (Wildman–Crippen MR) is 110 cm³/mol. The molecule has 2 heterocycles. The van der Waals surface area contributed by atoms with Gasteiger partial charge in [0.2, 0.25) is 11.8 Å². The number of aromatic nitrogens is 2. The summed E-state index contributed by atoms with van der Waals surface area (Å²) in [6.07, 6.45) is 0.389. The fourth-order valence-electron chi connectivity index (χ4n) is 3.74. The summed E-state index contributed by atoms with van der Waals surface area (Å²) >= 11 is 0. The molecule has 6 heteroatoms. The van der Waals surface area contributed by atoms with Crippen LogP contribution in [-0.4, -0.2) is 52.7 Å². The molecule has 2 aromatic carbocycles. The molecule has 1 aliphatic rings. The normalized spacial score (nSPS) is 14.5. The van der Waals surface area contributed by atoms with Crippen molar-refractivity contribution < 1.29 is 9.59 Å². The molecule has 0 radical (unpaired) electrons. The van der Waals surface area contributed by atoms with E-state index in [2.05, 4.69) is 22.1 Å². The van der Waals surface area contributed by atoms with E-state index in [1.807, 2.05) is 54.3 Å². The third-order valence-corrected chi connectivity index (χ3v) is 5.31. The molecule has 1 aliphatic heterocycles. The molecule has 0 aliphatic carbocycles. The molecule has 1 aromatic heterocycles. The first kappa shape index (κ1) is 18.2. The highest BCUT2D eigenvalue weighted by atomic mass is 16.2. The van der Waals surface area contributed by atoms with Gasteiger partial charge in [0.05, 0.1) is 11.2 Å². The topological polar surface area (TPSA) is 58.4 Å². The third kappa shape index (κ3) is 3.63. The van der Waals surface area contributed by atoms with Crippen LogP contribution in [0.4, 0.5) is 5.69 Å². The van der Waals surface area contributed by atoms with Gasteiger partial charge in [-0.05, 0) is 25.1 Å². The molecule has 3 aromatic rings. The maximum Gasteiger partial charge on any atom is 0.247 e. The summed E-state index contributed by atoms with van der Waals surface area (Å²) in [5.41, 5.74) is 2.81. The number of para-hydroxylation sites is 2. The van der Waals surface area contributed by atoms with Crippen molar-refractivity contribution in [3.8, 4) is 0 Å². The molecule has 0 N–H and O–H groups in total. The molecule has 144 valence electrons. The van der Waals surface area contributed by atoms with Crippen LogP contribution in [0.15, 0.2) is 54.6 Å². The number of benzene rings is 2. The summed E-state index contributed by atoms with van der Waals surface area (Å²) < 4.78 is 1.44. The van der Waals surface area contributed by atoms with Crippen LogP contribution in [0.1, 0.15) is 23.3 Å². The molecular weight excluding hydrogens is 352 g/mol. The summed E-state index contributed by atoms with van der Waals surface area (Å²) in [5, 5.41) is 5.33. The van der Waals surface area contributed by atoms with Crippen LogP contribution >= 0.6 is 0 Å². The van der Waals surface area contributed by atoms with Crippen LogP contribution in [0.5, 0.6) is 0 Å². The Bertz CT molecular complexity index is 988. The Kier molecular flexibility index (Phi) is 5.10. The second kappa shape index (κ2) is 7.84. The SMILES string of the molecule is Cc1nn(C(=O)CCC(=O)N2CCN(c3ccccc3)CC2)c2ccccc12. The molecular formula is C22H24N4O2. The van der Waals surface area contributed by atoms with Crippen LogP contribution < -0.4 is 4.90 Å². The molecule has 0 bridgehead atoms. The zero-order valence-corrected chi connectivity index (χ0v) is 16.0. The lowest BCUT2D eigenvalue weighted by Gasteiger charge is -2.36. The molecule has 0 spiro atoms. The number of carbonyl (C=O) groups excluding carboxylic acids is 2. The van der Waals surface area contributed by atoms with E-state index in [4.69, 9.17) is 0 Å². The highest BCUT2D eigenvalue weighted by molar-refractivity contribution is 5.93. The largest absolute Gasteiger partial charge is 0.368 e. The molecule has 1 fully saturated rings. The number of nitrogens with zero attached hydrogens (tertiary/aromatic N) is 4. The minimum absolute atomic E-state index is 0.0363. The molecule has 6 nitrogen and oxygen atoms in total. The number of fused-ring (bicyclic) bond motifs is 1. The summed E-state index contributed by atoms with van der Waals surface area (Å²) in [4.78, 5) is 29.3. The first-order valence-corrected chi connectivity index (χ1v) is 9.69. The van der Waals surface area contributed by atoms with Gasteiger partial charge in [-0.25, -0.2) is 0 Å². The molecule has 0 saturated carbocycles. The van der Waals surface area contributed by atoms with Gasteiger partial charge in [0.15, 0.2) is 0 Å². The second-order valence-electron chi connectivity index (χ2n) is 7.11. The first-order chi connectivity index (χ1) is 13.6. The molecule has 0 unspecified atom stereocenters.